The molecule has 0 aliphatic heterocycles. The van der Waals surface area contributed by atoms with Crippen molar-refractivity contribution in [1.29, 1.82) is 0 Å². The number of guanidine groups is 1. The van der Waals surface area contributed by atoms with Crippen molar-refractivity contribution in [2.45, 2.75) is 33.7 Å². The third-order valence-electron chi connectivity index (χ3n) is 3.69. The summed E-state index contributed by atoms with van der Waals surface area (Å²) in [7, 11) is 0. The highest BCUT2D eigenvalue weighted by molar-refractivity contribution is 5.81. The van der Waals surface area contributed by atoms with Crippen LogP contribution < -0.4 is 10.6 Å². The van der Waals surface area contributed by atoms with Gasteiger partial charge in [0.05, 0.1) is 17.0 Å². The average molecular weight is 349 g/mol. The second kappa shape index (κ2) is 11.0. The van der Waals surface area contributed by atoms with Crippen LogP contribution in [0.5, 0.6) is 0 Å². The molecule has 8 heteroatoms. The van der Waals surface area contributed by atoms with Gasteiger partial charge in [0.2, 0.25) is 5.91 Å². The number of nitro groups is 1. The molecule has 138 valence electrons. The molecule has 8 nitrogen and oxygen atoms in total. The van der Waals surface area contributed by atoms with Crippen molar-refractivity contribution in [3.05, 3.63) is 39.9 Å². The SMILES string of the molecule is CCNC(=NCc1ccccc1[N+](=O)[O-])NCCC(=O)N(CC)CC. The number of rotatable bonds is 9. The summed E-state index contributed by atoms with van der Waals surface area (Å²) in [6.07, 6.45) is 0.373. The van der Waals surface area contributed by atoms with E-state index in [1.54, 1.807) is 23.1 Å². The summed E-state index contributed by atoms with van der Waals surface area (Å²) in [5.74, 6) is 0.625. The molecule has 1 amide bonds. The lowest BCUT2D eigenvalue weighted by molar-refractivity contribution is -0.385. The molecule has 2 N–H and O–H groups in total. The molecule has 1 rings (SSSR count). The van der Waals surface area contributed by atoms with E-state index in [9.17, 15) is 14.9 Å². The summed E-state index contributed by atoms with van der Waals surface area (Å²) in [5, 5.41) is 17.2. The summed E-state index contributed by atoms with van der Waals surface area (Å²) in [4.78, 5) is 28.8. The fourth-order valence-corrected chi connectivity index (χ4v) is 2.35. The number of nitrogens with zero attached hydrogens (tertiary/aromatic N) is 3. The van der Waals surface area contributed by atoms with E-state index in [4.69, 9.17) is 0 Å². The highest BCUT2D eigenvalue weighted by atomic mass is 16.6. The van der Waals surface area contributed by atoms with Gasteiger partial charge in [-0.15, -0.1) is 0 Å². The molecule has 0 aromatic heterocycles. The fraction of sp³-hybridized carbons (Fsp3) is 0.529. The van der Waals surface area contributed by atoms with Gasteiger partial charge in [0.1, 0.15) is 0 Å². The number of amides is 1. The highest BCUT2D eigenvalue weighted by Gasteiger charge is 2.12. The first-order valence-electron chi connectivity index (χ1n) is 8.55. The molecule has 0 fully saturated rings. The number of aliphatic imine (C=N–C) groups is 1. The number of carbonyl (C=O) groups excluding carboxylic acids is 1. The smallest absolute Gasteiger partial charge is 0.274 e. The van der Waals surface area contributed by atoms with E-state index >= 15 is 0 Å². The second-order valence-corrected chi connectivity index (χ2v) is 5.32. The molecule has 0 heterocycles. The Kier molecular flexibility index (Phi) is 8.99. The van der Waals surface area contributed by atoms with Crippen molar-refractivity contribution >= 4 is 17.6 Å². The maximum atomic E-state index is 12.0. The molecule has 0 bridgehead atoms. The summed E-state index contributed by atoms with van der Waals surface area (Å²) in [6.45, 7) is 8.53. The lowest BCUT2D eigenvalue weighted by atomic mass is 10.2. The van der Waals surface area contributed by atoms with Gasteiger partial charge in [-0.05, 0) is 20.8 Å². The zero-order valence-corrected chi connectivity index (χ0v) is 15.1. The van der Waals surface area contributed by atoms with Crippen molar-refractivity contribution in [2.75, 3.05) is 26.2 Å². The first kappa shape index (κ1) is 20.4. The van der Waals surface area contributed by atoms with Crippen LogP contribution >= 0.6 is 0 Å². The van der Waals surface area contributed by atoms with Crippen LogP contribution in [-0.4, -0.2) is 47.9 Å². The largest absolute Gasteiger partial charge is 0.357 e. The van der Waals surface area contributed by atoms with Gasteiger partial charge >= 0.3 is 0 Å². The minimum Gasteiger partial charge on any atom is -0.357 e. The standard InChI is InChI=1S/C17H27N5O3/c1-4-18-17(19-12-11-16(23)21(5-2)6-3)20-13-14-9-7-8-10-15(14)22(24)25/h7-10H,4-6,11-13H2,1-3H3,(H2,18,19,20). The van der Waals surface area contributed by atoms with Gasteiger partial charge in [0.15, 0.2) is 5.96 Å². The van der Waals surface area contributed by atoms with E-state index in [1.165, 1.54) is 6.07 Å². The van der Waals surface area contributed by atoms with Crippen LogP contribution in [0.1, 0.15) is 32.8 Å². The monoisotopic (exact) mass is 349 g/mol. The Morgan fingerprint density at radius 2 is 1.88 bits per heavy atom. The van der Waals surface area contributed by atoms with Gasteiger partial charge < -0.3 is 15.5 Å². The molecule has 25 heavy (non-hydrogen) atoms. The Hall–Kier alpha value is -2.64. The number of carbonyl (C=O) groups is 1. The molecular formula is C17H27N5O3. The van der Waals surface area contributed by atoms with Crippen molar-refractivity contribution in [3.63, 3.8) is 0 Å². The summed E-state index contributed by atoms with van der Waals surface area (Å²) < 4.78 is 0. The highest BCUT2D eigenvalue weighted by Crippen LogP contribution is 2.18. The zero-order chi connectivity index (χ0) is 18.7. The van der Waals surface area contributed by atoms with Crippen molar-refractivity contribution in [3.8, 4) is 0 Å². The number of hydrogen-bond donors (Lipinski definition) is 2. The number of hydrogen-bond acceptors (Lipinski definition) is 4. The number of para-hydroxylation sites is 1. The van der Waals surface area contributed by atoms with Gasteiger partial charge in [-0.25, -0.2) is 4.99 Å². The van der Waals surface area contributed by atoms with Crippen LogP contribution in [0.4, 0.5) is 5.69 Å². The minimum atomic E-state index is -0.409. The third kappa shape index (κ3) is 6.78. The third-order valence-corrected chi connectivity index (χ3v) is 3.69. The molecular weight excluding hydrogens is 322 g/mol. The molecule has 0 unspecified atom stereocenters. The Morgan fingerprint density at radius 1 is 1.20 bits per heavy atom. The lowest BCUT2D eigenvalue weighted by Crippen LogP contribution is -2.40. The summed E-state index contributed by atoms with van der Waals surface area (Å²) in [5.41, 5.74) is 0.600. The number of nitrogens with one attached hydrogen (secondary N) is 2. The van der Waals surface area contributed by atoms with Crippen LogP contribution in [0.3, 0.4) is 0 Å². The molecule has 0 saturated heterocycles. The molecule has 1 aromatic carbocycles. The van der Waals surface area contributed by atoms with Crippen molar-refractivity contribution < 1.29 is 9.72 Å². The van der Waals surface area contributed by atoms with Gasteiger partial charge in [0, 0.05) is 38.7 Å². The number of nitro benzene ring substituents is 1. The zero-order valence-electron chi connectivity index (χ0n) is 15.1. The van der Waals surface area contributed by atoms with Gasteiger partial charge in [0.25, 0.3) is 5.69 Å². The van der Waals surface area contributed by atoms with E-state index < -0.39 is 4.92 Å². The molecule has 0 aliphatic carbocycles. The van der Waals surface area contributed by atoms with E-state index in [2.05, 4.69) is 15.6 Å². The lowest BCUT2D eigenvalue weighted by Gasteiger charge is -2.19. The quantitative estimate of drug-likeness (QED) is 0.307. The minimum absolute atomic E-state index is 0.0545. The van der Waals surface area contributed by atoms with E-state index in [0.29, 0.717) is 44.1 Å². The first-order valence-corrected chi connectivity index (χ1v) is 8.55. The van der Waals surface area contributed by atoms with Crippen LogP contribution in [0.15, 0.2) is 29.3 Å². The van der Waals surface area contributed by atoms with E-state index in [1.807, 2.05) is 20.8 Å². The van der Waals surface area contributed by atoms with Crippen LogP contribution in [0.25, 0.3) is 0 Å². The average Bonchev–Trinajstić information content (AvgIpc) is 2.60. The van der Waals surface area contributed by atoms with Crippen LogP contribution in [-0.2, 0) is 11.3 Å². The second-order valence-electron chi connectivity index (χ2n) is 5.32. The van der Waals surface area contributed by atoms with Gasteiger partial charge in [-0.3, -0.25) is 14.9 Å². The van der Waals surface area contributed by atoms with Crippen molar-refractivity contribution in [2.24, 2.45) is 4.99 Å². The van der Waals surface area contributed by atoms with Crippen molar-refractivity contribution in [1.82, 2.24) is 15.5 Å². The molecule has 0 radical (unpaired) electrons. The predicted octanol–water partition coefficient (Wildman–Crippen LogP) is 1.91. The maximum absolute atomic E-state index is 12.0. The van der Waals surface area contributed by atoms with Crippen LogP contribution in [0.2, 0.25) is 0 Å². The Labute approximate surface area is 148 Å². The molecule has 0 saturated carbocycles. The van der Waals surface area contributed by atoms with Crippen LogP contribution in [0, 0.1) is 10.1 Å². The number of benzene rings is 1. The van der Waals surface area contributed by atoms with E-state index in [0.717, 1.165) is 0 Å². The molecule has 0 spiro atoms. The Bertz CT molecular complexity index is 600. The van der Waals surface area contributed by atoms with E-state index in [-0.39, 0.29) is 18.1 Å². The molecule has 0 atom stereocenters. The molecule has 0 aliphatic rings. The molecule has 1 aromatic rings. The summed E-state index contributed by atoms with van der Waals surface area (Å²) >= 11 is 0. The van der Waals surface area contributed by atoms with Gasteiger partial charge in [-0.2, -0.15) is 0 Å². The first-order chi connectivity index (χ1) is 12.0. The Morgan fingerprint density at radius 3 is 2.48 bits per heavy atom. The van der Waals surface area contributed by atoms with Gasteiger partial charge in [-0.1, -0.05) is 18.2 Å². The Balaban J connectivity index is 2.66. The topological polar surface area (TPSA) is 99.9 Å². The fourth-order valence-electron chi connectivity index (χ4n) is 2.35. The summed E-state index contributed by atoms with van der Waals surface area (Å²) in [6, 6.07) is 6.54. The predicted molar refractivity (Wildman–Crippen MR) is 98.5 cm³/mol. The maximum Gasteiger partial charge on any atom is 0.274 e. The normalized spacial score (nSPS) is 11.1.